The van der Waals surface area contributed by atoms with Crippen molar-refractivity contribution in [3.63, 3.8) is 0 Å². The summed E-state index contributed by atoms with van der Waals surface area (Å²) in [5.74, 6) is -1.91. The summed E-state index contributed by atoms with van der Waals surface area (Å²) in [5, 5.41) is 11.8. The molecular formula is C15H20N2O4. The smallest absolute Gasteiger partial charge is 0.306 e. The van der Waals surface area contributed by atoms with Crippen LogP contribution in [0.2, 0.25) is 0 Å². The normalized spacial score (nSPS) is 21.8. The highest BCUT2D eigenvalue weighted by Gasteiger charge is 2.31. The van der Waals surface area contributed by atoms with E-state index in [-0.39, 0.29) is 23.1 Å². The van der Waals surface area contributed by atoms with Crippen molar-refractivity contribution in [2.75, 3.05) is 5.32 Å². The average molecular weight is 292 g/mol. The molecule has 1 heterocycles. The van der Waals surface area contributed by atoms with Crippen LogP contribution < -0.4 is 10.9 Å². The van der Waals surface area contributed by atoms with Crippen LogP contribution in [0.4, 0.5) is 5.69 Å². The number of carboxylic acid groups (broad SMARTS) is 1. The van der Waals surface area contributed by atoms with Crippen molar-refractivity contribution < 1.29 is 14.7 Å². The summed E-state index contributed by atoms with van der Waals surface area (Å²) in [6.45, 7) is 1.76. The largest absolute Gasteiger partial charge is 0.481 e. The van der Waals surface area contributed by atoms with Crippen LogP contribution in [0, 0.1) is 18.8 Å². The first kappa shape index (κ1) is 15.3. The van der Waals surface area contributed by atoms with Gasteiger partial charge in [0.25, 0.3) is 5.56 Å². The number of aryl methyl sites for hydroxylation is 2. The maximum atomic E-state index is 12.3. The Bertz CT molecular complexity index is 621. The van der Waals surface area contributed by atoms with Crippen LogP contribution in [0.5, 0.6) is 0 Å². The van der Waals surface area contributed by atoms with Gasteiger partial charge in [-0.05, 0) is 37.8 Å². The van der Waals surface area contributed by atoms with Gasteiger partial charge >= 0.3 is 5.97 Å². The van der Waals surface area contributed by atoms with Crippen LogP contribution in [0.15, 0.2) is 17.1 Å². The molecular weight excluding hydrogens is 272 g/mol. The summed E-state index contributed by atoms with van der Waals surface area (Å²) < 4.78 is 1.41. The van der Waals surface area contributed by atoms with Gasteiger partial charge in [0.05, 0.1) is 5.92 Å². The third kappa shape index (κ3) is 3.32. The van der Waals surface area contributed by atoms with Crippen molar-refractivity contribution >= 4 is 17.6 Å². The molecule has 1 aliphatic rings. The predicted molar refractivity (Wildman–Crippen MR) is 78.1 cm³/mol. The Kier molecular flexibility index (Phi) is 4.45. The molecule has 0 spiro atoms. The highest BCUT2D eigenvalue weighted by Crippen LogP contribution is 2.30. The zero-order chi connectivity index (χ0) is 15.6. The zero-order valence-electron chi connectivity index (χ0n) is 12.3. The van der Waals surface area contributed by atoms with E-state index in [9.17, 15) is 14.4 Å². The quantitative estimate of drug-likeness (QED) is 0.884. The number of anilines is 1. The van der Waals surface area contributed by atoms with E-state index in [1.54, 1.807) is 26.2 Å². The SMILES string of the molecule is Cc1ccn(C)c(=O)c1NC(=O)C1CCCC(C(=O)O)C1. The molecule has 6 nitrogen and oxygen atoms in total. The number of nitrogens with one attached hydrogen (secondary N) is 1. The lowest BCUT2D eigenvalue weighted by molar-refractivity contribution is -0.143. The Morgan fingerprint density at radius 2 is 2.00 bits per heavy atom. The van der Waals surface area contributed by atoms with Gasteiger partial charge in [-0.1, -0.05) is 6.42 Å². The standard InChI is InChI=1S/C15H20N2O4/c1-9-6-7-17(2)14(19)12(9)16-13(18)10-4-3-5-11(8-10)15(20)21/h6-7,10-11H,3-5,8H2,1-2H3,(H,16,18)(H,20,21). The van der Waals surface area contributed by atoms with Crippen molar-refractivity contribution in [1.29, 1.82) is 0 Å². The first-order chi connectivity index (χ1) is 9.90. The number of carbonyl (C=O) groups is 2. The Labute approximate surface area is 122 Å². The van der Waals surface area contributed by atoms with Crippen LogP contribution in [0.1, 0.15) is 31.2 Å². The van der Waals surface area contributed by atoms with E-state index in [0.717, 1.165) is 6.42 Å². The maximum absolute atomic E-state index is 12.3. The molecule has 1 saturated carbocycles. The fraction of sp³-hybridized carbons (Fsp3) is 0.533. The van der Waals surface area contributed by atoms with Gasteiger partial charge in [-0.2, -0.15) is 0 Å². The molecule has 6 heteroatoms. The minimum Gasteiger partial charge on any atom is -0.481 e. The molecule has 1 aromatic rings. The van der Waals surface area contributed by atoms with Gasteiger partial charge in [0.1, 0.15) is 5.69 Å². The van der Waals surface area contributed by atoms with Gasteiger partial charge in [-0.25, -0.2) is 0 Å². The molecule has 114 valence electrons. The van der Waals surface area contributed by atoms with Crippen molar-refractivity contribution in [2.24, 2.45) is 18.9 Å². The third-order valence-electron chi connectivity index (χ3n) is 4.12. The van der Waals surface area contributed by atoms with Gasteiger partial charge in [0, 0.05) is 19.2 Å². The fourth-order valence-corrected chi connectivity index (χ4v) is 2.75. The minimum atomic E-state index is -0.848. The number of hydrogen-bond donors (Lipinski definition) is 2. The number of hydrogen-bond acceptors (Lipinski definition) is 3. The number of nitrogens with zero attached hydrogens (tertiary/aromatic N) is 1. The van der Waals surface area contributed by atoms with E-state index in [2.05, 4.69) is 5.32 Å². The fourth-order valence-electron chi connectivity index (χ4n) is 2.75. The minimum absolute atomic E-state index is 0.256. The second-order valence-electron chi connectivity index (χ2n) is 5.68. The van der Waals surface area contributed by atoms with E-state index < -0.39 is 11.9 Å². The van der Waals surface area contributed by atoms with Crippen LogP contribution in [0.3, 0.4) is 0 Å². The van der Waals surface area contributed by atoms with Crippen LogP contribution in [0.25, 0.3) is 0 Å². The highest BCUT2D eigenvalue weighted by molar-refractivity contribution is 5.93. The van der Waals surface area contributed by atoms with Crippen molar-refractivity contribution in [3.05, 3.63) is 28.2 Å². The Hall–Kier alpha value is -2.11. The second kappa shape index (κ2) is 6.11. The summed E-state index contributed by atoms with van der Waals surface area (Å²) in [4.78, 5) is 35.4. The molecule has 0 radical (unpaired) electrons. The monoisotopic (exact) mass is 292 g/mol. The number of aliphatic carboxylic acids is 1. The van der Waals surface area contributed by atoms with E-state index in [1.807, 2.05) is 0 Å². The first-order valence-electron chi connectivity index (χ1n) is 7.10. The first-order valence-corrected chi connectivity index (χ1v) is 7.10. The van der Waals surface area contributed by atoms with Gasteiger partial charge in [0.15, 0.2) is 0 Å². The Morgan fingerprint density at radius 3 is 2.67 bits per heavy atom. The number of carbonyl (C=O) groups excluding carboxylic acids is 1. The molecule has 21 heavy (non-hydrogen) atoms. The van der Waals surface area contributed by atoms with Crippen molar-refractivity contribution in [2.45, 2.75) is 32.6 Å². The summed E-state index contributed by atoms with van der Waals surface area (Å²) >= 11 is 0. The van der Waals surface area contributed by atoms with Gasteiger partial charge < -0.3 is 15.0 Å². The van der Waals surface area contributed by atoms with E-state index in [1.165, 1.54) is 4.57 Å². The van der Waals surface area contributed by atoms with Gasteiger partial charge in [0.2, 0.25) is 5.91 Å². The molecule has 0 aromatic carbocycles. The summed E-state index contributed by atoms with van der Waals surface area (Å²) in [5.41, 5.74) is 0.730. The van der Waals surface area contributed by atoms with Gasteiger partial charge in [-0.3, -0.25) is 14.4 Å². The molecule has 1 amide bonds. The lowest BCUT2D eigenvalue weighted by atomic mass is 9.81. The topological polar surface area (TPSA) is 88.4 Å². The lowest BCUT2D eigenvalue weighted by Gasteiger charge is -2.25. The Morgan fingerprint density at radius 1 is 1.33 bits per heavy atom. The van der Waals surface area contributed by atoms with E-state index in [4.69, 9.17) is 5.11 Å². The second-order valence-corrected chi connectivity index (χ2v) is 5.68. The number of aromatic nitrogens is 1. The predicted octanol–water partition coefficient (Wildman–Crippen LogP) is 1.52. The molecule has 1 fully saturated rings. The summed E-state index contributed by atoms with van der Waals surface area (Å²) in [7, 11) is 1.62. The van der Waals surface area contributed by atoms with Crippen molar-refractivity contribution in [1.82, 2.24) is 4.57 Å². The molecule has 2 atom stereocenters. The van der Waals surface area contributed by atoms with Crippen LogP contribution >= 0.6 is 0 Å². The molecule has 0 aliphatic heterocycles. The number of amides is 1. The van der Waals surface area contributed by atoms with Crippen molar-refractivity contribution in [3.8, 4) is 0 Å². The lowest BCUT2D eigenvalue weighted by Crippen LogP contribution is -2.33. The summed E-state index contributed by atoms with van der Waals surface area (Å²) in [6.07, 6.45) is 4.00. The van der Waals surface area contributed by atoms with Crippen LogP contribution in [-0.2, 0) is 16.6 Å². The number of rotatable bonds is 3. The molecule has 2 rings (SSSR count). The molecule has 2 unspecified atom stereocenters. The maximum Gasteiger partial charge on any atom is 0.306 e. The molecule has 1 aromatic heterocycles. The van der Waals surface area contributed by atoms with E-state index in [0.29, 0.717) is 24.8 Å². The summed E-state index contributed by atoms with van der Waals surface area (Å²) in [6, 6.07) is 1.76. The Balaban J connectivity index is 2.13. The number of pyridine rings is 1. The molecule has 1 aliphatic carbocycles. The highest BCUT2D eigenvalue weighted by atomic mass is 16.4. The molecule has 0 bridgehead atoms. The zero-order valence-corrected chi connectivity index (χ0v) is 12.3. The van der Waals surface area contributed by atoms with Crippen LogP contribution in [-0.4, -0.2) is 21.6 Å². The average Bonchev–Trinajstić information content (AvgIpc) is 2.47. The van der Waals surface area contributed by atoms with E-state index >= 15 is 0 Å². The molecule has 2 N–H and O–H groups in total. The van der Waals surface area contributed by atoms with Gasteiger partial charge in [-0.15, -0.1) is 0 Å². The third-order valence-corrected chi connectivity index (χ3v) is 4.12. The number of carboxylic acids is 1. The molecule has 0 saturated heterocycles.